The molecule has 112 valence electrons. The van der Waals surface area contributed by atoms with Crippen LogP contribution in [0.25, 0.3) is 0 Å². The number of aromatic nitrogens is 2. The van der Waals surface area contributed by atoms with Gasteiger partial charge >= 0.3 is 0 Å². The molecule has 0 spiro atoms. The summed E-state index contributed by atoms with van der Waals surface area (Å²) in [6, 6.07) is 0. The molecule has 1 atom stereocenters. The van der Waals surface area contributed by atoms with Crippen molar-refractivity contribution >= 4 is 11.6 Å². The first-order chi connectivity index (χ1) is 9.63. The van der Waals surface area contributed by atoms with E-state index < -0.39 is 0 Å². The van der Waals surface area contributed by atoms with E-state index in [0.717, 1.165) is 44.3 Å². The minimum absolute atomic E-state index is 0.255. The lowest BCUT2D eigenvalue weighted by Gasteiger charge is -2.34. The number of anilines is 2. The third-order valence-corrected chi connectivity index (χ3v) is 3.52. The fraction of sp³-hybridized carbons (Fsp3) is 0.733. The number of hydrogen-bond acceptors (Lipinski definition) is 5. The minimum Gasteiger partial charge on any atom is -0.375 e. The van der Waals surface area contributed by atoms with Gasteiger partial charge in [-0.2, -0.15) is 0 Å². The van der Waals surface area contributed by atoms with Crippen LogP contribution in [0.5, 0.6) is 0 Å². The summed E-state index contributed by atoms with van der Waals surface area (Å²) >= 11 is 0. The summed E-state index contributed by atoms with van der Waals surface area (Å²) < 4.78 is 5.62. The topological polar surface area (TPSA) is 50.3 Å². The molecule has 5 heteroatoms. The molecule has 20 heavy (non-hydrogen) atoms. The second-order valence-corrected chi connectivity index (χ2v) is 5.67. The van der Waals surface area contributed by atoms with Crippen molar-refractivity contribution < 1.29 is 4.74 Å². The lowest BCUT2D eigenvalue weighted by Crippen LogP contribution is -2.42. The van der Waals surface area contributed by atoms with E-state index >= 15 is 0 Å². The molecule has 1 N–H and O–H groups in total. The second kappa shape index (κ2) is 6.88. The van der Waals surface area contributed by atoms with Crippen molar-refractivity contribution in [3.8, 4) is 0 Å². The van der Waals surface area contributed by atoms with Gasteiger partial charge in [-0.15, -0.1) is 0 Å². The highest BCUT2D eigenvalue weighted by molar-refractivity contribution is 5.60. The first-order valence-corrected chi connectivity index (χ1v) is 7.58. The Morgan fingerprint density at radius 1 is 1.45 bits per heavy atom. The van der Waals surface area contributed by atoms with Crippen LogP contribution in [0.1, 0.15) is 45.6 Å². The molecule has 0 aromatic carbocycles. The maximum atomic E-state index is 5.62. The number of hydrogen-bond donors (Lipinski definition) is 1. The van der Waals surface area contributed by atoms with Gasteiger partial charge in [0.2, 0.25) is 0 Å². The van der Waals surface area contributed by atoms with Crippen LogP contribution >= 0.6 is 0 Å². The molecule has 1 aliphatic rings. The Morgan fingerprint density at radius 2 is 2.25 bits per heavy atom. The zero-order valence-electron chi connectivity index (χ0n) is 13.0. The Morgan fingerprint density at radius 3 is 2.90 bits per heavy atom. The third kappa shape index (κ3) is 3.39. The predicted molar refractivity (Wildman–Crippen MR) is 82.5 cm³/mol. The zero-order valence-corrected chi connectivity index (χ0v) is 13.0. The van der Waals surface area contributed by atoms with Crippen LogP contribution < -0.4 is 10.2 Å². The Kier molecular flexibility index (Phi) is 5.17. The lowest BCUT2D eigenvalue weighted by molar-refractivity contribution is 0.0528. The van der Waals surface area contributed by atoms with Gasteiger partial charge < -0.3 is 15.0 Å². The average Bonchev–Trinajstić information content (AvgIpc) is 2.44. The quantitative estimate of drug-likeness (QED) is 0.897. The van der Waals surface area contributed by atoms with E-state index in [1.807, 2.05) is 0 Å². The highest BCUT2D eigenvalue weighted by Crippen LogP contribution is 2.31. The molecule has 2 heterocycles. The number of nitrogens with zero attached hydrogens (tertiary/aromatic N) is 3. The third-order valence-electron chi connectivity index (χ3n) is 3.52. The summed E-state index contributed by atoms with van der Waals surface area (Å²) in [4.78, 5) is 11.3. The zero-order chi connectivity index (χ0) is 14.5. The van der Waals surface area contributed by atoms with E-state index in [0.29, 0.717) is 5.92 Å². The van der Waals surface area contributed by atoms with Gasteiger partial charge in [0.05, 0.1) is 12.7 Å². The Labute approximate surface area is 121 Å². The van der Waals surface area contributed by atoms with Gasteiger partial charge in [0.25, 0.3) is 0 Å². The highest BCUT2D eigenvalue weighted by Gasteiger charge is 2.23. The van der Waals surface area contributed by atoms with Crippen molar-refractivity contribution in [2.75, 3.05) is 36.5 Å². The van der Waals surface area contributed by atoms with Gasteiger partial charge in [0.15, 0.2) is 0 Å². The SMILES string of the molecule is CCCNc1ncnc(N2CCOC(C)C2)c1C(C)C. The molecule has 1 aromatic rings. The standard InChI is InChI=1S/C15H26N4O/c1-5-6-16-14-13(11(2)3)15(18-10-17-14)19-7-8-20-12(4)9-19/h10-12H,5-9H2,1-4H3,(H,16,17,18). The minimum atomic E-state index is 0.255. The summed E-state index contributed by atoms with van der Waals surface area (Å²) in [5.41, 5.74) is 1.22. The molecular formula is C15H26N4O. The molecule has 0 bridgehead atoms. The monoisotopic (exact) mass is 278 g/mol. The smallest absolute Gasteiger partial charge is 0.137 e. The van der Waals surface area contributed by atoms with Crippen molar-refractivity contribution in [1.82, 2.24) is 9.97 Å². The molecule has 0 aliphatic carbocycles. The summed E-state index contributed by atoms with van der Waals surface area (Å²) in [7, 11) is 0. The summed E-state index contributed by atoms with van der Waals surface area (Å²) in [5, 5.41) is 3.43. The number of ether oxygens (including phenoxy) is 1. The fourth-order valence-corrected chi connectivity index (χ4v) is 2.56. The molecule has 2 rings (SSSR count). The van der Waals surface area contributed by atoms with Gasteiger partial charge in [-0.1, -0.05) is 20.8 Å². The summed E-state index contributed by atoms with van der Waals surface area (Å²) in [6.07, 6.45) is 3.01. The molecule has 1 aliphatic heterocycles. The van der Waals surface area contributed by atoms with Crippen molar-refractivity contribution in [2.24, 2.45) is 0 Å². The molecule has 5 nitrogen and oxygen atoms in total. The highest BCUT2D eigenvalue weighted by atomic mass is 16.5. The maximum Gasteiger partial charge on any atom is 0.137 e. The Balaban J connectivity index is 2.31. The summed E-state index contributed by atoms with van der Waals surface area (Å²) in [5.74, 6) is 2.43. The molecule has 0 amide bonds. The molecule has 1 aromatic heterocycles. The largest absolute Gasteiger partial charge is 0.375 e. The first-order valence-electron chi connectivity index (χ1n) is 7.58. The van der Waals surface area contributed by atoms with E-state index in [1.54, 1.807) is 6.33 Å². The van der Waals surface area contributed by atoms with Crippen LogP contribution in [-0.2, 0) is 4.74 Å². The van der Waals surface area contributed by atoms with E-state index in [2.05, 4.69) is 47.9 Å². The van der Waals surface area contributed by atoms with E-state index in [1.165, 1.54) is 5.56 Å². The molecule has 0 radical (unpaired) electrons. The molecule has 1 saturated heterocycles. The van der Waals surface area contributed by atoms with Crippen LogP contribution in [0, 0.1) is 0 Å². The average molecular weight is 278 g/mol. The molecule has 1 unspecified atom stereocenters. The van der Waals surface area contributed by atoms with Crippen molar-refractivity contribution in [2.45, 2.75) is 46.1 Å². The number of nitrogens with one attached hydrogen (secondary N) is 1. The van der Waals surface area contributed by atoms with Crippen LogP contribution in [0.2, 0.25) is 0 Å². The summed E-state index contributed by atoms with van der Waals surface area (Å²) in [6.45, 7) is 12.2. The molecular weight excluding hydrogens is 252 g/mol. The van der Waals surface area contributed by atoms with Crippen LogP contribution in [0.3, 0.4) is 0 Å². The van der Waals surface area contributed by atoms with Gasteiger partial charge in [0.1, 0.15) is 18.0 Å². The molecule has 0 saturated carbocycles. The van der Waals surface area contributed by atoms with E-state index in [4.69, 9.17) is 4.74 Å². The van der Waals surface area contributed by atoms with E-state index in [-0.39, 0.29) is 6.10 Å². The number of rotatable bonds is 5. The van der Waals surface area contributed by atoms with Crippen molar-refractivity contribution in [3.63, 3.8) is 0 Å². The van der Waals surface area contributed by atoms with Crippen LogP contribution in [0.15, 0.2) is 6.33 Å². The number of morpholine rings is 1. The second-order valence-electron chi connectivity index (χ2n) is 5.67. The van der Waals surface area contributed by atoms with Gasteiger partial charge in [-0.3, -0.25) is 0 Å². The lowest BCUT2D eigenvalue weighted by atomic mass is 10.0. The van der Waals surface area contributed by atoms with Crippen LogP contribution in [-0.4, -0.2) is 42.3 Å². The Bertz CT molecular complexity index is 436. The van der Waals surface area contributed by atoms with Crippen LogP contribution in [0.4, 0.5) is 11.6 Å². The predicted octanol–water partition coefficient (Wildman–Crippen LogP) is 2.65. The molecule has 1 fully saturated rings. The van der Waals surface area contributed by atoms with E-state index in [9.17, 15) is 0 Å². The van der Waals surface area contributed by atoms with Gasteiger partial charge in [-0.05, 0) is 19.3 Å². The Hall–Kier alpha value is -1.36. The fourth-order valence-electron chi connectivity index (χ4n) is 2.56. The maximum absolute atomic E-state index is 5.62. The van der Waals surface area contributed by atoms with Gasteiger partial charge in [0, 0.05) is 25.2 Å². The van der Waals surface area contributed by atoms with Crippen molar-refractivity contribution in [1.29, 1.82) is 0 Å². The van der Waals surface area contributed by atoms with Gasteiger partial charge in [-0.25, -0.2) is 9.97 Å². The first kappa shape index (κ1) is 15.0. The normalized spacial score (nSPS) is 19.4. The van der Waals surface area contributed by atoms with Crippen molar-refractivity contribution in [3.05, 3.63) is 11.9 Å².